The van der Waals surface area contributed by atoms with E-state index in [1.165, 1.54) is 57.7 Å². The van der Waals surface area contributed by atoms with Crippen LogP contribution in [0.1, 0.15) is 34.3 Å². The highest BCUT2D eigenvalue weighted by molar-refractivity contribution is 6.09. The minimum absolute atomic E-state index is 0.0284. The summed E-state index contributed by atoms with van der Waals surface area (Å²) in [4.78, 5) is 24.5. The minimum Gasteiger partial charge on any atom is -0.507 e. The Balaban J connectivity index is 1.88. The van der Waals surface area contributed by atoms with Crippen LogP contribution in [-0.2, 0) is 9.53 Å². The lowest BCUT2D eigenvalue weighted by molar-refractivity contribution is -0.142. The molecule has 3 aromatic rings. The van der Waals surface area contributed by atoms with E-state index < -0.39 is 23.5 Å². The maximum atomic E-state index is 14.9. The molecule has 0 saturated heterocycles. The molecule has 0 amide bonds. The number of esters is 1. The van der Waals surface area contributed by atoms with Crippen LogP contribution in [0.5, 0.6) is 17.2 Å². The molecule has 176 valence electrons. The Labute approximate surface area is 197 Å². The maximum absolute atomic E-state index is 14.9. The van der Waals surface area contributed by atoms with Gasteiger partial charge in [-0.3, -0.25) is 9.59 Å². The number of aromatic hydroxyl groups is 1. The molecule has 0 heterocycles. The van der Waals surface area contributed by atoms with Crippen molar-refractivity contribution in [3.8, 4) is 28.4 Å². The molecule has 0 spiro atoms. The number of hydrogen-bond donors (Lipinski definition) is 1. The molecule has 3 aromatic carbocycles. The van der Waals surface area contributed by atoms with E-state index in [9.17, 15) is 19.1 Å². The fourth-order valence-electron chi connectivity index (χ4n) is 3.47. The van der Waals surface area contributed by atoms with E-state index in [0.29, 0.717) is 28.2 Å². The van der Waals surface area contributed by atoms with Gasteiger partial charge in [0.25, 0.3) is 0 Å². The highest BCUT2D eigenvalue weighted by Crippen LogP contribution is 2.31. The monoisotopic (exact) mass is 464 g/mol. The van der Waals surface area contributed by atoms with Gasteiger partial charge in [0.05, 0.1) is 32.8 Å². The van der Waals surface area contributed by atoms with Crippen LogP contribution in [0.2, 0.25) is 0 Å². The second-order valence-corrected chi connectivity index (χ2v) is 7.53. The van der Waals surface area contributed by atoms with Gasteiger partial charge in [0.2, 0.25) is 0 Å². The Kier molecular flexibility index (Phi) is 7.68. The van der Waals surface area contributed by atoms with Crippen LogP contribution < -0.4 is 9.47 Å². The zero-order valence-electron chi connectivity index (χ0n) is 19.3. The lowest BCUT2D eigenvalue weighted by Gasteiger charge is -2.12. The van der Waals surface area contributed by atoms with Gasteiger partial charge in [0.1, 0.15) is 11.6 Å². The number of ether oxygens (including phenoxy) is 3. The van der Waals surface area contributed by atoms with E-state index >= 15 is 0 Å². The third-order valence-electron chi connectivity index (χ3n) is 5.46. The van der Waals surface area contributed by atoms with Crippen LogP contribution in [0.3, 0.4) is 0 Å². The molecular weight excluding hydrogens is 439 g/mol. The van der Waals surface area contributed by atoms with E-state index in [-0.39, 0.29) is 16.9 Å². The molecule has 6 nitrogen and oxygen atoms in total. The standard InChI is InChI=1S/C27H25FO6/c1-16(27(31)34-4)18-7-9-20(22(28)15-18)19-8-11-24(30)21(14-19)23(29)10-5-17-6-12-25(32-2)26(13-17)33-3/h5-16,30H,1-4H3/b10-5+. The summed E-state index contributed by atoms with van der Waals surface area (Å²) < 4.78 is 30.0. The first-order valence-corrected chi connectivity index (χ1v) is 10.4. The van der Waals surface area contributed by atoms with Crippen molar-refractivity contribution in [1.29, 1.82) is 0 Å². The second-order valence-electron chi connectivity index (χ2n) is 7.53. The van der Waals surface area contributed by atoms with E-state index in [0.717, 1.165) is 0 Å². The highest BCUT2D eigenvalue weighted by atomic mass is 19.1. The van der Waals surface area contributed by atoms with Crippen molar-refractivity contribution in [3.05, 3.63) is 83.2 Å². The Morgan fingerprint density at radius 3 is 2.32 bits per heavy atom. The van der Waals surface area contributed by atoms with Crippen LogP contribution in [-0.4, -0.2) is 38.2 Å². The van der Waals surface area contributed by atoms with Gasteiger partial charge in [0.15, 0.2) is 17.3 Å². The zero-order chi connectivity index (χ0) is 24.8. The summed E-state index contributed by atoms with van der Waals surface area (Å²) in [7, 11) is 4.32. The van der Waals surface area contributed by atoms with Gasteiger partial charge in [-0.1, -0.05) is 30.3 Å². The van der Waals surface area contributed by atoms with Crippen molar-refractivity contribution in [3.63, 3.8) is 0 Å². The number of allylic oxidation sites excluding steroid dienone is 1. The summed E-state index contributed by atoms with van der Waals surface area (Å²) in [6.07, 6.45) is 2.90. The number of methoxy groups -OCH3 is 3. The largest absolute Gasteiger partial charge is 0.507 e. The van der Waals surface area contributed by atoms with Crippen molar-refractivity contribution >= 4 is 17.8 Å². The fraction of sp³-hybridized carbons (Fsp3) is 0.185. The summed E-state index contributed by atoms with van der Waals surface area (Å²) in [5, 5.41) is 10.2. The van der Waals surface area contributed by atoms with Gasteiger partial charge in [-0.15, -0.1) is 0 Å². The van der Waals surface area contributed by atoms with Gasteiger partial charge in [-0.25, -0.2) is 4.39 Å². The zero-order valence-corrected chi connectivity index (χ0v) is 19.3. The van der Waals surface area contributed by atoms with Gasteiger partial charge in [-0.05, 0) is 60.0 Å². The molecule has 0 aliphatic heterocycles. The third kappa shape index (κ3) is 5.26. The summed E-state index contributed by atoms with van der Waals surface area (Å²) in [6, 6.07) is 13.9. The smallest absolute Gasteiger partial charge is 0.312 e. The molecule has 0 aliphatic carbocycles. The van der Waals surface area contributed by atoms with E-state index in [2.05, 4.69) is 0 Å². The lowest BCUT2D eigenvalue weighted by Crippen LogP contribution is -2.11. The number of ketones is 1. The highest BCUT2D eigenvalue weighted by Gasteiger charge is 2.18. The average molecular weight is 464 g/mol. The molecule has 1 N–H and O–H groups in total. The molecule has 1 atom stereocenters. The minimum atomic E-state index is -0.618. The van der Waals surface area contributed by atoms with Crippen LogP contribution in [0.4, 0.5) is 4.39 Å². The number of carbonyl (C=O) groups is 2. The molecule has 34 heavy (non-hydrogen) atoms. The quantitative estimate of drug-likeness (QED) is 0.274. The van der Waals surface area contributed by atoms with Gasteiger partial charge >= 0.3 is 5.97 Å². The molecule has 0 fully saturated rings. The molecule has 0 aliphatic rings. The fourth-order valence-corrected chi connectivity index (χ4v) is 3.47. The topological polar surface area (TPSA) is 82.1 Å². The molecule has 0 radical (unpaired) electrons. The summed E-state index contributed by atoms with van der Waals surface area (Å²) in [5.41, 5.74) is 1.85. The molecule has 0 aromatic heterocycles. The van der Waals surface area contributed by atoms with Gasteiger partial charge in [-0.2, -0.15) is 0 Å². The van der Waals surface area contributed by atoms with Crippen molar-refractivity contribution in [2.45, 2.75) is 12.8 Å². The van der Waals surface area contributed by atoms with E-state index in [4.69, 9.17) is 14.2 Å². The van der Waals surface area contributed by atoms with Gasteiger partial charge in [0, 0.05) is 5.56 Å². The van der Waals surface area contributed by atoms with Crippen molar-refractivity contribution in [2.75, 3.05) is 21.3 Å². The van der Waals surface area contributed by atoms with Crippen LogP contribution in [0, 0.1) is 5.82 Å². The maximum Gasteiger partial charge on any atom is 0.312 e. The number of halogens is 1. The van der Waals surface area contributed by atoms with Crippen LogP contribution in [0.25, 0.3) is 17.2 Å². The third-order valence-corrected chi connectivity index (χ3v) is 5.46. The Hall–Kier alpha value is -4.13. The van der Waals surface area contributed by atoms with E-state index in [1.54, 1.807) is 37.3 Å². The van der Waals surface area contributed by atoms with Crippen LogP contribution >= 0.6 is 0 Å². The van der Waals surface area contributed by atoms with E-state index in [1.807, 2.05) is 0 Å². The summed E-state index contributed by atoms with van der Waals surface area (Å²) in [5.74, 6) is -1.24. The van der Waals surface area contributed by atoms with Crippen molar-refractivity contribution in [2.24, 2.45) is 0 Å². The second kappa shape index (κ2) is 10.7. The normalized spacial score (nSPS) is 11.8. The predicted molar refractivity (Wildman–Crippen MR) is 127 cm³/mol. The molecule has 3 rings (SSSR count). The first-order valence-electron chi connectivity index (χ1n) is 10.4. The number of rotatable bonds is 8. The first kappa shape index (κ1) is 24.5. The van der Waals surface area contributed by atoms with Crippen molar-refractivity contribution in [1.82, 2.24) is 0 Å². The number of phenols is 1. The van der Waals surface area contributed by atoms with Crippen LogP contribution in [0.15, 0.2) is 60.7 Å². The average Bonchev–Trinajstić information content (AvgIpc) is 2.86. The summed E-state index contributed by atoms with van der Waals surface area (Å²) >= 11 is 0. The lowest BCUT2D eigenvalue weighted by atomic mass is 9.95. The number of carbonyl (C=O) groups excluding carboxylic acids is 2. The molecule has 0 saturated carbocycles. The number of benzene rings is 3. The Morgan fingerprint density at radius 2 is 1.68 bits per heavy atom. The molecule has 1 unspecified atom stereocenters. The molecule has 0 bridgehead atoms. The van der Waals surface area contributed by atoms with Gasteiger partial charge < -0.3 is 19.3 Å². The SMILES string of the molecule is COC(=O)C(C)c1ccc(-c2ccc(O)c(C(=O)/C=C/c3ccc(OC)c(OC)c3)c2)c(F)c1. The molecule has 7 heteroatoms. The Morgan fingerprint density at radius 1 is 0.941 bits per heavy atom. The number of phenolic OH excluding ortho intramolecular Hbond substituents is 1. The van der Waals surface area contributed by atoms with Crippen molar-refractivity contribution < 1.29 is 33.3 Å². The summed E-state index contributed by atoms with van der Waals surface area (Å²) in [6.45, 7) is 1.63. The number of hydrogen-bond acceptors (Lipinski definition) is 6. The first-order chi connectivity index (χ1) is 16.3. The molecular formula is C27H25FO6. The predicted octanol–water partition coefficient (Wildman–Crippen LogP) is 5.39. The Bertz CT molecular complexity index is 1250.